The second-order valence-electron chi connectivity index (χ2n) is 5.06. The average molecular weight is 313 g/mol. The number of aliphatic carboxylic acids is 1. The third kappa shape index (κ3) is 3.54. The Bertz CT molecular complexity index is 590. The summed E-state index contributed by atoms with van der Waals surface area (Å²) in [5.74, 6) is -0.585. The number of carboxylic acid groups (broad SMARTS) is 1. The van der Waals surface area contributed by atoms with Crippen LogP contribution in [0.3, 0.4) is 0 Å². The van der Waals surface area contributed by atoms with Gasteiger partial charge in [0.1, 0.15) is 12.3 Å². The standard InChI is InChI=1S/C14H19NO5S/c1-20-12-6-8-13(9-7-12)21(18,19)15(10-14(16)17)11-4-2-3-5-11/h6-9,11H,2-5,10H2,1H3,(H,16,17). The smallest absolute Gasteiger partial charge is 0.318 e. The molecule has 0 spiro atoms. The highest BCUT2D eigenvalue weighted by Gasteiger charge is 2.34. The minimum absolute atomic E-state index is 0.0939. The molecule has 1 N–H and O–H groups in total. The number of hydrogen-bond acceptors (Lipinski definition) is 4. The number of carboxylic acids is 1. The van der Waals surface area contributed by atoms with Crippen molar-refractivity contribution in [2.45, 2.75) is 36.6 Å². The van der Waals surface area contributed by atoms with E-state index < -0.39 is 22.5 Å². The van der Waals surface area contributed by atoms with Gasteiger partial charge in [-0.1, -0.05) is 12.8 Å². The summed E-state index contributed by atoms with van der Waals surface area (Å²) in [5, 5.41) is 9.01. The maximum Gasteiger partial charge on any atom is 0.318 e. The van der Waals surface area contributed by atoms with Gasteiger partial charge in [0.2, 0.25) is 10.0 Å². The van der Waals surface area contributed by atoms with Crippen LogP contribution >= 0.6 is 0 Å². The van der Waals surface area contributed by atoms with E-state index in [-0.39, 0.29) is 10.9 Å². The number of ether oxygens (including phenoxy) is 1. The Balaban J connectivity index is 2.32. The van der Waals surface area contributed by atoms with E-state index in [1.807, 2.05) is 0 Å². The van der Waals surface area contributed by atoms with Gasteiger partial charge in [0.15, 0.2) is 0 Å². The van der Waals surface area contributed by atoms with Crippen LogP contribution in [0.15, 0.2) is 29.2 Å². The van der Waals surface area contributed by atoms with Crippen molar-refractivity contribution < 1.29 is 23.1 Å². The van der Waals surface area contributed by atoms with E-state index in [0.717, 1.165) is 17.1 Å². The van der Waals surface area contributed by atoms with Gasteiger partial charge < -0.3 is 9.84 Å². The molecule has 2 rings (SSSR count). The topological polar surface area (TPSA) is 83.9 Å². The second kappa shape index (κ2) is 6.44. The van der Waals surface area contributed by atoms with Crippen LogP contribution in [-0.2, 0) is 14.8 Å². The lowest BCUT2D eigenvalue weighted by Crippen LogP contribution is -2.42. The van der Waals surface area contributed by atoms with Gasteiger partial charge in [-0.3, -0.25) is 4.79 Å². The van der Waals surface area contributed by atoms with Gasteiger partial charge in [-0.2, -0.15) is 4.31 Å². The normalized spacial score (nSPS) is 16.3. The number of carbonyl (C=O) groups is 1. The van der Waals surface area contributed by atoms with Crippen LogP contribution in [0, 0.1) is 0 Å². The predicted molar refractivity (Wildman–Crippen MR) is 76.8 cm³/mol. The molecule has 6 nitrogen and oxygen atoms in total. The molecule has 0 heterocycles. The molecule has 0 aliphatic heterocycles. The maximum absolute atomic E-state index is 12.7. The molecule has 1 aliphatic rings. The highest BCUT2D eigenvalue weighted by Crippen LogP contribution is 2.29. The van der Waals surface area contributed by atoms with Crippen LogP contribution in [0.25, 0.3) is 0 Å². The van der Waals surface area contributed by atoms with Crippen LogP contribution < -0.4 is 4.74 Å². The Morgan fingerprint density at radius 3 is 2.33 bits per heavy atom. The fourth-order valence-electron chi connectivity index (χ4n) is 2.62. The van der Waals surface area contributed by atoms with Crippen LogP contribution in [0.1, 0.15) is 25.7 Å². The van der Waals surface area contributed by atoms with Crippen molar-refractivity contribution >= 4 is 16.0 Å². The van der Waals surface area contributed by atoms with E-state index in [9.17, 15) is 13.2 Å². The zero-order chi connectivity index (χ0) is 15.5. The molecule has 0 amide bonds. The molecular weight excluding hydrogens is 294 g/mol. The van der Waals surface area contributed by atoms with Crippen LogP contribution in [-0.4, -0.2) is 43.5 Å². The molecule has 0 saturated heterocycles. The van der Waals surface area contributed by atoms with Gasteiger partial charge in [-0.25, -0.2) is 8.42 Å². The van der Waals surface area contributed by atoms with E-state index in [1.165, 1.54) is 19.2 Å². The molecule has 116 valence electrons. The number of rotatable bonds is 6. The lowest BCUT2D eigenvalue weighted by molar-refractivity contribution is -0.137. The summed E-state index contributed by atoms with van der Waals surface area (Å²) in [5.41, 5.74) is 0. The summed E-state index contributed by atoms with van der Waals surface area (Å²) < 4.78 is 31.5. The lowest BCUT2D eigenvalue weighted by Gasteiger charge is -2.26. The van der Waals surface area contributed by atoms with E-state index in [4.69, 9.17) is 9.84 Å². The van der Waals surface area contributed by atoms with Gasteiger partial charge in [0.05, 0.1) is 12.0 Å². The number of benzene rings is 1. The molecule has 0 atom stereocenters. The highest BCUT2D eigenvalue weighted by atomic mass is 32.2. The molecule has 1 aromatic carbocycles. The first-order chi connectivity index (χ1) is 9.95. The largest absolute Gasteiger partial charge is 0.497 e. The van der Waals surface area contributed by atoms with Crippen molar-refractivity contribution in [1.29, 1.82) is 0 Å². The molecule has 0 aromatic heterocycles. The van der Waals surface area contributed by atoms with Crippen LogP contribution in [0.5, 0.6) is 5.75 Å². The van der Waals surface area contributed by atoms with Crippen molar-refractivity contribution in [2.75, 3.05) is 13.7 Å². The molecule has 21 heavy (non-hydrogen) atoms. The minimum Gasteiger partial charge on any atom is -0.497 e. The van der Waals surface area contributed by atoms with Gasteiger partial charge >= 0.3 is 5.97 Å². The van der Waals surface area contributed by atoms with Crippen molar-refractivity contribution in [2.24, 2.45) is 0 Å². The first-order valence-corrected chi connectivity index (χ1v) is 8.27. The summed E-state index contributed by atoms with van der Waals surface area (Å²) in [6, 6.07) is 5.77. The zero-order valence-corrected chi connectivity index (χ0v) is 12.7. The number of hydrogen-bond donors (Lipinski definition) is 1. The molecule has 1 aliphatic carbocycles. The molecule has 0 radical (unpaired) electrons. The Labute approximate surface area is 124 Å². The number of sulfonamides is 1. The van der Waals surface area contributed by atoms with Gasteiger partial charge in [-0.05, 0) is 37.1 Å². The van der Waals surface area contributed by atoms with E-state index >= 15 is 0 Å². The maximum atomic E-state index is 12.7. The Hall–Kier alpha value is -1.60. The average Bonchev–Trinajstić information content (AvgIpc) is 2.98. The fourth-order valence-corrected chi connectivity index (χ4v) is 4.25. The van der Waals surface area contributed by atoms with Crippen LogP contribution in [0.2, 0.25) is 0 Å². The summed E-state index contributed by atoms with van der Waals surface area (Å²) in [4.78, 5) is 11.1. The Morgan fingerprint density at radius 2 is 1.86 bits per heavy atom. The highest BCUT2D eigenvalue weighted by molar-refractivity contribution is 7.89. The van der Waals surface area contributed by atoms with Crippen LogP contribution in [0.4, 0.5) is 0 Å². The summed E-state index contributed by atoms with van der Waals surface area (Å²) in [6.07, 6.45) is 3.28. The summed E-state index contributed by atoms with van der Waals surface area (Å²) in [6.45, 7) is -0.501. The molecular formula is C14H19NO5S. The molecule has 1 aromatic rings. The summed E-state index contributed by atoms with van der Waals surface area (Å²) in [7, 11) is -2.31. The molecule has 1 saturated carbocycles. The van der Waals surface area contributed by atoms with Crippen molar-refractivity contribution in [3.05, 3.63) is 24.3 Å². The molecule has 0 unspecified atom stereocenters. The van der Waals surface area contributed by atoms with E-state index in [1.54, 1.807) is 12.1 Å². The lowest BCUT2D eigenvalue weighted by atomic mass is 10.2. The quantitative estimate of drug-likeness (QED) is 0.864. The first kappa shape index (κ1) is 15.8. The fraction of sp³-hybridized carbons (Fsp3) is 0.500. The third-order valence-electron chi connectivity index (χ3n) is 3.69. The Kier molecular flexibility index (Phi) is 4.84. The van der Waals surface area contributed by atoms with E-state index in [2.05, 4.69) is 0 Å². The number of methoxy groups -OCH3 is 1. The zero-order valence-electron chi connectivity index (χ0n) is 11.9. The monoisotopic (exact) mass is 313 g/mol. The predicted octanol–water partition coefficient (Wildman–Crippen LogP) is 1.71. The van der Waals surface area contributed by atoms with Gasteiger partial charge in [-0.15, -0.1) is 0 Å². The molecule has 7 heteroatoms. The summed E-state index contributed by atoms with van der Waals surface area (Å²) >= 11 is 0. The second-order valence-corrected chi connectivity index (χ2v) is 6.95. The molecule has 1 fully saturated rings. The molecule has 0 bridgehead atoms. The third-order valence-corrected chi connectivity index (χ3v) is 5.60. The SMILES string of the molecule is COc1ccc(S(=O)(=O)N(CC(=O)O)C2CCCC2)cc1. The van der Waals surface area contributed by atoms with Gasteiger partial charge in [0, 0.05) is 6.04 Å². The van der Waals surface area contributed by atoms with Gasteiger partial charge in [0.25, 0.3) is 0 Å². The first-order valence-electron chi connectivity index (χ1n) is 6.83. The van der Waals surface area contributed by atoms with Crippen molar-refractivity contribution in [3.8, 4) is 5.75 Å². The van der Waals surface area contributed by atoms with Crippen molar-refractivity contribution in [3.63, 3.8) is 0 Å². The number of nitrogens with zero attached hydrogens (tertiary/aromatic N) is 1. The minimum atomic E-state index is -3.81. The van der Waals surface area contributed by atoms with Crippen molar-refractivity contribution in [1.82, 2.24) is 4.31 Å². The van der Waals surface area contributed by atoms with E-state index in [0.29, 0.717) is 18.6 Å². The Morgan fingerprint density at radius 1 is 1.29 bits per heavy atom.